The van der Waals surface area contributed by atoms with E-state index in [2.05, 4.69) is 0 Å². The fourth-order valence-corrected chi connectivity index (χ4v) is 2.49. The zero-order chi connectivity index (χ0) is 14.7. The van der Waals surface area contributed by atoms with Crippen LogP contribution in [0.15, 0.2) is 23.1 Å². The van der Waals surface area contributed by atoms with Crippen molar-refractivity contribution in [3.8, 4) is 6.07 Å². The maximum absolute atomic E-state index is 12.9. The SMILES string of the molecule is Cl.N#Cc1ccc(S(=O)(=O)NCC(F)(F)CN)cc1Cl. The van der Waals surface area contributed by atoms with E-state index >= 15 is 0 Å². The van der Waals surface area contributed by atoms with E-state index in [0.29, 0.717) is 0 Å². The Balaban J connectivity index is 0.00000361. The molecular formula is C10H11Cl2F2N3O2S. The van der Waals surface area contributed by atoms with E-state index in [1.807, 2.05) is 0 Å². The number of rotatable bonds is 5. The number of nitriles is 1. The molecule has 0 bridgehead atoms. The van der Waals surface area contributed by atoms with Crippen molar-refractivity contribution in [2.75, 3.05) is 13.1 Å². The number of hydrogen-bond acceptors (Lipinski definition) is 4. The summed E-state index contributed by atoms with van der Waals surface area (Å²) in [7, 11) is -4.13. The highest BCUT2D eigenvalue weighted by Crippen LogP contribution is 2.20. The van der Waals surface area contributed by atoms with Crippen molar-refractivity contribution in [1.82, 2.24) is 4.72 Å². The van der Waals surface area contributed by atoms with E-state index in [0.717, 1.165) is 12.1 Å². The van der Waals surface area contributed by atoms with Crippen LogP contribution in [0.1, 0.15) is 5.56 Å². The minimum atomic E-state index is -4.13. The predicted molar refractivity (Wildman–Crippen MR) is 72.6 cm³/mol. The van der Waals surface area contributed by atoms with Gasteiger partial charge in [-0.2, -0.15) is 5.26 Å². The molecule has 10 heteroatoms. The summed E-state index contributed by atoms with van der Waals surface area (Å²) in [5, 5.41) is 8.57. The van der Waals surface area contributed by atoms with Crippen LogP contribution in [-0.2, 0) is 10.0 Å². The number of benzene rings is 1. The van der Waals surface area contributed by atoms with E-state index in [1.54, 1.807) is 10.8 Å². The lowest BCUT2D eigenvalue weighted by Crippen LogP contribution is -2.41. The molecule has 0 aliphatic carbocycles. The molecule has 1 aromatic rings. The third-order valence-electron chi connectivity index (χ3n) is 2.19. The third-order valence-corrected chi connectivity index (χ3v) is 3.90. The maximum Gasteiger partial charge on any atom is 0.273 e. The number of nitrogens with one attached hydrogen (secondary N) is 1. The number of hydrogen-bond donors (Lipinski definition) is 2. The number of sulfonamides is 1. The lowest BCUT2D eigenvalue weighted by atomic mass is 10.2. The van der Waals surface area contributed by atoms with E-state index < -0.39 is 29.0 Å². The molecule has 0 unspecified atom stereocenters. The van der Waals surface area contributed by atoms with Gasteiger partial charge in [0.05, 0.1) is 28.6 Å². The molecule has 0 spiro atoms. The molecule has 0 saturated carbocycles. The van der Waals surface area contributed by atoms with E-state index in [1.165, 1.54) is 6.07 Å². The second kappa shape index (κ2) is 7.15. The van der Waals surface area contributed by atoms with Gasteiger partial charge >= 0.3 is 0 Å². The molecule has 3 N–H and O–H groups in total. The Morgan fingerprint density at radius 2 is 2.05 bits per heavy atom. The molecular weight excluding hydrogens is 335 g/mol. The molecule has 0 aromatic heterocycles. The minimum Gasteiger partial charge on any atom is -0.325 e. The third kappa shape index (κ3) is 4.85. The Morgan fingerprint density at radius 1 is 1.45 bits per heavy atom. The molecule has 0 aliphatic rings. The van der Waals surface area contributed by atoms with E-state index in [9.17, 15) is 17.2 Å². The van der Waals surface area contributed by atoms with Crippen LogP contribution >= 0.6 is 24.0 Å². The van der Waals surface area contributed by atoms with Crippen LogP contribution in [0.4, 0.5) is 8.78 Å². The smallest absolute Gasteiger partial charge is 0.273 e. The number of nitrogens with zero attached hydrogens (tertiary/aromatic N) is 1. The number of halogens is 4. The summed E-state index contributed by atoms with van der Waals surface area (Å²) >= 11 is 5.67. The Morgan fingerprint density at radius 3 is 2.50 bits per heavy atom. The van der Waals surface area contributed by atoms with Crippen molar-refractivity contribution >= 4 is 34.0 Å². The summed E-state index contributed by atoms with van der Waals surface area (Å²) < 4.78 is 50.9. The van der Waals surface area contributed by atoms with Gasteiger partial charge in [0.1, 0.15) is 6.07 Å². The van der Waals surface area contributed by atoms with Crippen LogP contribution in [0.2, 0.25) is 5.02 Å². The van der Waals surface area contributed by atoms with Gasteiger partial charge in [-0.1, -0.05) is 11.6 Å². The van der Waals surface area contributed by atoms with Crippen molar-refractivity contribution in [3.05, 3.63) is 28.8 Å². The molecule has 0 heterocycles. The van der Waals surface area contributed by atoms with Gasteiger partial charge < -0.3 is 5.73 Å². The molecule has 0 radical (unpaired) electrons. The summed E-state index contributed by atoms with van der Waals surface area (Å²) in [4.78, 5) is -0.302. The Kier molecular flexibility index (Phi) is 6.80. The zero-order valence-electron chi connectivity index (χ0n) is 9.94. The van der Waals surface area contributed by atoms with Gasteiger partial charge in [0.2, 0.25) is 10.0 Å². The monoisotopic (exact) mass is 345 g/mol. The Labute approximate surface area is 126 Å². The van der Waals surface area contributed by atoms with Gasteiger partial charge in [0.25, 0.3) is 5.92 Å². The second-order valence-corrected chi connectivity index (χ2v) is 5.81. The van der Waals surface area contributed by atoms with Gasteiger partial charge in [-0.3, -0.25) is 0 Å². The Bertz CT molecular complexity index is 617. The molecule has 5 nitrogen and oxygen atoms in total. The van der Waals surface area contributed by atoms with Crippen LogP contribution in [-0.4, -0.2) is 27.4 Å². The first-order valence-corrected chi connectivity index (χ1v) is 6.85. The molecule has 112 valence electrons. The average Bonchev–Trinajstić information content (AvgIpc) is 2.36. The molecule has 1 aromatic carbocycles. The van der Waals surface area contributed by atoms with Gasteiger partial charge in [-0.25, -0.2) is 21.9 Å². The first-order chi connectivity index (χ1) is 8.72. The zero-order valence-corrected chi connectivity index (χ0v) is 12.3. The summed E-state index contributed by atoms with van der Waals surface area (Å²) in [6, 6.07) is 5.07. The maximum atomic E-state index is 12.9. The lowest BCUT2D eigenvalue weighted by Gasteiger charge is -2.14. The summed E-state index contributed by atoms with van der Waals surface area (Å²) in [6.45, 7) is -2.08. The quantitative estimate of drug-likeness (QED) is 0.845. The largest absolute Gasteiger partial charge is 0.325 e. The van der Waals surface area contributed by atoms with Crippen LogP contribution < -0.4 is 10.5 Å². The standard InChI is InChI=1S/C10H10ClF2N3O2S.ClH/c11-9-3-8(2-1-7(9)4-14)19(17,18)16-6-10(12,13)5-15;/h1-3,16H,5-6,15H2;1H. The minimum absolute atomic E-state index is 0. The first-order valence-electron chi connectivity index (χ1n) is 4.99. The fourth-order valence-electron chi connectivity index (χ4n) is 1.11. The highest BCUT2D eigenvalue weighted by molar-refractivity contribution is 7.89. The van der Waals surface area contributed by atoms with Crippen LogP contribution in [0, 0.1) is 11.3 Å². The molecule has 1 rings (SSSR count). The average molecular weight is 346 g/mol. The molecule has 0 aliphatic heterocycles. The molecule has 0 fully saturated rings. The summed E-state index contributed by atoms with van der Waals surface area (Å²) in [5.74, 6) is -3.33. The topological polar surface area (TPSA) is 96.0 Å². The first kappa shape index (κ1) is 19.0. The fraction of sp³-hybridized carbons (Fsp3) is 0.300. The van der Waals surface area contributed by atoms with Gasteiger partial charge in [-0.15, -0.1) is 12.4 Å². The lowest BCUT2D eigenvalue weighted by molar-refractivity contribution is 0.0170. The highest BCUT2D eigenvalue weighted by atomic mass is 35.5. The summed E-state index contributed by atoms with van der Waals surface area (Å²) in [5.41, 5.74) is 4.89. The van der Waals surface area contributed by atoms with Crippen molar-refractivity contribution in [1.29, 1.82) is 5.26 Å². The molecule has 0 amide bonds. The van der Waals surface area contributed by atoms with Crippen molar-refractivity contribution in [2.24, 2.45) is 5.73 Å². The second-order valence-electron chi connectivity index (χ2n) is 3.64. The van der Waals surface area contributed by atoms with Crippen LogP contribution in [0.25, 0.3) is 0 Å². The number of nitrogens with two attached hydrogens (primary N) is 1. The van der Waals surface area contributed by atoms with Gasteiger partial charge in [-0.05, 0) is 18.2 Å². The van der Waals surface area contributed by atoms with Gasteiger partial charge in [0, 0.05) is 0 Å². The predicted octanol–water partition coefficient (Wildman–Crippen LogP) is 1.51. The van der Waals surface area contributed by atoms with E-state index in [-0.39, 0.29) is 27.9 Å². The van der Waals surface area contributed by atoms with Crippen molar-refractivity contribution in [3.63, 3.8) is 0 Å². The van der Waals surface area contributed by atoms with Crippen molar-refractivity contribution < 1.29 is 17.2 Å². The molecule has 20 heavy (non-hydrogen) atoms. The molecule has 0 atom stereocenters. The highest BCUT2D eigenvalue weighted by Gasteiger charge is 2.29. The number of alkyl halides is 2. The normalized spacial score (nSPS) is 11.6. The van der Waals surface area contributed by atoms with E-state index in [4.69, 9.17) is 22.6 Å². The van der Waals surface area contributed by atoms with Crippen molar-refractivity contribution in [2.45, 2.75) is 10.8 Å². The Hall–Kier alpha value is -0.980. The molecule has 0 saturated heterocycles. The van der Waals surface area contributed by atoms with Crippen LogP contribution in [0.3, 0.4) is 0 Å². The van der Waals surface area contributed by atoms with Gasteiger partial charge in [0.15, 0.2) is 0 Å². The summed E-state index contributed by atoms with van der Waals surface area (Å²) in [6.07, 6.45) is 0. The van der Waals surface area contributed by atoms with Crippen LogP contribution in [0.5, 0.6) is 0 Å².